The van der Waals surface area contributed by atoms with Crippen molar-refractivity contribution in [2.45, 2.75) is 31.2 Å². The molecule has 0 aromatic rings. The normalized spacial score (nSPS) is 16.2. The van der Waals surface area contributed by atoms with Crippen LogP contribution in [0.25, 0.3) is 0 Å². The molecule has 2 unspecified atom stereocenters. The van der Waals surface area contributed by atoms with Gasteiger partial charge in [-0.05, 0) is 13.3 Å². The molecule has 12 heavy (non-hydrogen) atoms. The van der Waals surface area contributed by atoms with Gasteiger partial charge in [0, 0.05) is 6.42 Å². The van der Waals surface area contributed by atoms with Crippen LogP contribution in [0.5, 0.6) is 0 Å². The van der Waals surface area contributed by atoms with Crippen molar-refractivity contribution in [2.24, 2.45) is 0 Å². The Balaban J connectivity index is 3.53. The predicted molar refractivity (Wildman–Crippen MR) is 51.5 cm³/mol. The van der Waals surface area contributed by atoms with E-state index in [-0.39, 0.29) is 11.1 Å². The summed E-state index contributed by atoms with van der Waals surface area (Å²) in [5.41, 5.74) is 0. The molecule has 3 heteroatoms. The summed E-state index contributed by atoms with van der Waals surface area (Å²) in [6, 6.07) is 0. The molecule has 2 N–H and O–H groups in total. The first-order valence-corrected chi connectivity index (χ1v) is 4.31. The Morgan fingerprint density at radius 1 is 1.58 bits per heavy atom. The first kappa shape index (κ1) is 11.5. The Morgan fingerprint density at radius 3 is 2.58 bits per heavy atom. The van der Waals surface area contributed by atoms with Gasteiger partial charge >= 0.3 is 0 Å². The summed E-state index contributed by atoms with van der Waals surface area (Å²) in [4.78, 5) is 0. The van der Waals surface area contributed by atoms with Crippen LogP contribution in [-0.4, -0.2) is 21.7 Å². The highest BCUT2D eigenvalue weighted by molar-refractivity contribution is 6.21. The number of aliphatic hydroxyl groups excluding tert-OH is 2. The summed E-state index contributed by atoms with van der Waals surface area (Å²) in [6.07, 6.45) is 4.15. The second-order valence-electron chi connectivity index (χ2n) is 2.73. The number of aliphatic hydroxyl groups is 2. The van der Waals surface area contributed by atoms with Gasteiger partial charge < -0.3 is 10.2 Å². The molecule has 2 nitrogen and oxygen atoms in total. The average molecular weight is 191 g/mol. The Hall–Kier alpha value is -0.470. The van der Waals surface area contributed by atoms with Crippen LogP contribution in [0.15, 0.2) is 24.5 Å². The third-order valence-electron chi connectivity index (χ3n) is 1.40. The van der Waals surface area contributed by atoms with Gasteiger partial charge in [0.2, 0.25) is 0 Å². The van der Waals surface area contributed by atoms with Gasteiger partial charge in [-0.15, -0.1) is 11.6 Å². The molecule has 0 saturated heterocycles. The van der Waals surface area contributed by atoms with Gasteiger partial charge in [0.1, 0.15) is 0 Å². The fraction of sp³-hybridized carbons (Fsp3) is 0.556. The van der Waals surface area contributed by atoms with Crippen LogP contribution in [0, 0.1) is 0 Å². The molecule has 2 atom stereocenters. The van der Waals surface area contributed by atoms with Gasteiger partial charge in [0.25, 0.3) is 0 Å². The van der Waals surface area contributed by atoms with E-state index in [1.807, 2.05) is 6.08 Å². The lowest BCUT2D eigenvalue weighted by Crippen LogP contribution is -2.15. The summed E-state index contributed by atoms with van der Waals surface area (Å²) < 4.78 is 0. The number of hydrogen-bond acceptors (Lipinski definition) is 2. The number of alkyl halides is 1. The SMILES string of the molecule is C=C(O)C/C=C/CC(Cl)C(C)O. The van der Waals surface area contributed by atoms with Gasteiger partial charge in [-0.2, -0.15) is 0 Å². The molecule has 0 aliphatic heterocycles. The van der Waals surface area contributed by atoms with Crippen LogP contribution in [0.4, 0.5) is 0 Å². The van der Waals surface area contributed by atoms with Crippen molar-refractivity contribution in [2.75, 3.05) is 0 Å². The Bertz CT molecular complexity index is 164. The smallest absolute Gasteiger partial charge is 0.0888 e. The van der Waals surface area contributed by atoms with Crippen LogP contribution >= 0.6 is 11.6 Å². The maximum atomic E-state index is 9.00. The summed E-state index contributed by atoms with van der Waals surface area (Å²) in [6.45, 7) is 4.98. The van der Waals surface area contributed by atoms with Crippen molar-refractivity contribution in [3.05, 3.63) is 24.5 Å². The average Bonchev–Trinajstić information content (AvgIpc) is 1.97. The summed E-state index contributed by atoms with van der Waals surface area (Å²) in [5, 5.41) is 17.4. The zero-order valence-corrected chi connectivity index (χ0v) is 7.96. The van der Waals surface area contributed by atoms with Crippen LogP contribution < -0.4 is 0 Å². The highest BCUT2D eigenvalue weighted by atomic mass is 35.5. The molecular formula is C9H15ClO2. The monoisotopic (exact) mass is 190 g/mol. The molecule has 0 fully saturated rings. The van der Waals surface area contributed by atoms with E-state index in [1.165, 1.54) is 0 Å². The van der Waals surface area contributed by atoms with E-state index in [0.717, 1.165) is 0 Å². The summed E-state index contributed by atoms with van der Waals surface area (Å²) >= 11 is 5.74. The molecule has 0 aliphatic carbocycles. The Labute approximate surface area is 78.2 Å². The number of rotatable bonds is 5. The number of halogens is 1. The molecule has 0 radical (unpaired) electrons. The zero-order chi connectivity index (χ0) is 9.56. The molecule has 0 bridgehead atoms. The summed E-state index contributed by atoms with van der Waals surface area (Å²) in [5.74, 6) is 0.134. The van der Waals surface area contributed by atoms with E-state index >= 15 is 0 Å². The van der Waals surface area contributed by atoms with Crippen molar-refractivity contribution in [3.8, 4) is 0 Å². The molecule has 0 rings (SSSR count). The molecule has 0 aromatic heterocycles. The topological polar surface area (TPSA) is 40.5 Å². The molecule has 70 valence electrons. The standard InChI is InChI=1S/C9H15ClO2/c1-7(11)5-3-4-6-9(10)8(2)12/h3-4,8-9,11-12H,1,5-6H2,2H3/b4-3+. The van der Waals surface area contributed by atoms with Gasteiger partial charge in [-0.3, -0.25) is 0 Å². The van der Waals surface area contributed by atoms with E-state index in [9.17, 15) is 0 Å². The number of hydrogen-bond donors (Lipinski definition) is 2. The molecule has 0 aliphatic rings. The van der Waals surface area contributed by atoms with Gasteiger partial charge in [-0.1, -0.05) is 18.7 Å². The molecule has 0 spiro atoms. The van der Waals surface area contributed by atoms with Crippen molar-refractivity contribution >= 4 is 11.6 Å². The van der Waals surface area contributed by atoms with Crippen molar-refractivity contribution in [1.29, 1.82) is 0 Å². The summed E-state index contributed by atoms with van der Waals surface area (Å²) in [7, 11) is 0. The van der Waals surface area contributed by atoms with Crippen LogP contribution in [0.2, 0.25) is 0 Å². The minimum absolute atomic E-state index is 0.134. The van der Waals surface area contributed by atoms with Crippen molar-refractivity contribution in [1.82, 2.24) is 0 Å². The lowest BCUT2D eigenvalue weighted by molar-refractivity contribution is 0.189. The minimum Gasteiger partial charge on any atom is -0.513 e. The predicted octanol–water partition coefficient (Wildman–Crippen LogP) is 2.38. The van der Waals surface area contributed by atoms with E-state index in [0.29, 0.717) is 12.8 Å². The maximum absolute atomic E-state index is 9.00. The highest BCUT2D eigenvalue weighted by Gasteiger charge is 2.07. The molecular weight excluding hydrogens is 176 g/mol. The fourth-order valence-electron chi connectivity index (χ4n) is 0.643. The third-order valence-corrected chi connectivity index (χ3v) is 1.95. The zero-order valence-electron chi connectivity index (χ0n) is 7.20. The van der Waals surface area contributed by atoms with Crippen molar-refractivity contribution in [3.63, 3.8) is 0 Å². The second kappa shape index (κ2) is 6.09. The molecule has 0 amide bonds. The molecule has 0 heterocycles. The quantitative estimate of drug-likeness (QED) is 0.397. The minimum atomic E-state index is -0.506. The lowest BCUT2D eigenvalue weighted by Gasteiger charge is -2.08. The van der Waals surface area contributed by atoms with Crippen molar-refractivity contribution < 1.29 is 10.2 Å². The van der Waals surface area contributed by atoms with Crippen LogP contribution in [0.3, 0.4) is 0 Å². The van der Waals surface area contributed by atoms with Gasteiger partial charge in [0.15, 0.2) is 0 Å². The maximum Gasteiger partial charge on any atom is 0.0888 e. The van der Waals surface area contributed by atoms with E-state index in [1.54, 1.807) is 13.0 Å². The second-order valence-corrected chi connectivity index (χ2v) is 3.29. The lowest BCUT2D eigenvalue weighted by atomic mass is 10.2. The van der Waals surface area contributed by atoms with E-state index in [2.05, 4.69) is 6.58 Å². The van der Waals surface area contributed by atoms with Crippen LogP contribution in [-0.2, 0) is 0 Å². The van der Waals surface area contributed by atoms with Crippen LogP contribution in [0.1, 0.15) is 19.8 Å². The van der Waals surface area contributed by atoms with Gasteiger partial charge in [-0.25, -0.2) is 0 Å². The first-order chi connectivity index (χ1) is 5.54. The third kappa shape index (κ3) is 6.25. The molecule has 0 saturated carbocycles. The van der Waals surface area contributed by atoms with E-state index in [4.69, 9.17) is 21.8 Å². The fourth-order valence-corrected chi connectivity index (χ4v) is 0.745. The highest BCUT2D eigenvalue weighted by Crippen LogP contribution is 2.08. The van der Waals surface area contributed by atoms with Gasteiger partial charge in [0.05, 0.1) is 17.2 Å². The Kier molecular flexibility index (Phi) is 5.85. The molecule has 0 aromatic carbocycles. The largest absolute Gasteiger partial charge is 0.513 e. The Morgan fingerprint density at radius 2 is 2.17 bits per heavy atom. The van der Waals surface area contributed by atoms with E-state index < -0.39 is 6.10 Å². The first-order valence-electron chi connectivity index (χ1n) is 3.88. The number of allylic oxidation sites excluding steroid dienone is 2.